The molecular weight excluding hydrogens is 346 g/mol. The van der Waals surface area contributed by atoms with E-state index in [-0.39, 0.29) is 23.7 Å². The lowest BCUT2D eigenvalue weighted by Crippen LogP contribution is -2.49. The SMILES string of the molecule is COc1cccc(-c2nc(C(=O)N3CCNCC3c3cccnc3)no2)c1. The maximum Gasteiger partial charge on any atom is 0.295 e. The highest BCUT2D eigenvalue weighted by Gasteiger charge is 2.31. The Morgan fingerprint density at radius 3 is 3.07 bits per heavy atom. The van der Waals surface area contributed by atoms with Crippen LogP contribution in [0.3, 0.4) is 0 Å². The molecule has 0 aliphatic carbocycles. The molecule has 2 aromatic heterocycles. The van der Waals surface area contributed by atoms with Crippen LogP contribution in [0.25, 0.3) is 11.5 Å². The maximum atomic E-state index is 13.0. The van der Waals surface area contributed by atoms with Crippen molar-refractivity contribution in [1.29, 1.82) is 0 Å². The van der Waals surface area contributed by atoms with E-state index in [1.54, 1.807) is 30.5 Å². The summed E-state index contributed by atoms with van der Waals surface area (Å²) >= 11 is 0. The molecule has 27 heavy (non-hydrogen) atoms. The molecular formula is C19H19N5O3. The van der Waals surface area contributed by atoms with E-state index < -0.39 is 0 Å². The Labute approximate surface area is 156 Å². The molecule has 1 atom stereocenters. The molecule has 8 heteroatoms. The second kappa shape index (κ2) is 7.55. The standard InChI is InChI=1S/C19H19N5O3/c1-26-15-6-2-4-13(10-15)18-22-17(23-27-18)19(25)24-9-8-21-12-16(24)14-5-3-7-20-11-14/h2-7,10-11,16,21H,8-9,12H2,1H3. The number of ether oxygens (including phenoxy) is 1. The second-order valence-electron chi connectivity index (χ2n) is 6.16. The number of carbonyl (C=O) groups is 1. The van der Waals surface area contributed by atoms with E-state index in [2.05, 4.69) is 20.4 Å². The Bertz CT molecular complexity index is 928. The molecule has 138 valence electrons. The third-order valence-corrected chi connectivity index (χ3v) is 4.51. The van der Waals surface area contributed by atoms with Gasteiger partial charge in [0.05, 0.1) is 13.2 Å². The number of carbonyl (C=O) groups excluding carboxylic acids is 1. The number of piperazine rings is 1. The summed E-state index contributed by atoms with van der Waals surface area (Å²) in [5.74, 6) is 0.745. The summed E-state index contributed by atoms with van der Waals surface area (Å²) in [4.78, 5) is 23.2. The van der Waals surface area contributed by atoms with Gasteiger partial charge in [-0.25, -0.2) is 0 Å². The van der Waals surface area contributed by atoms with Crippen molar-refractivity contribution in [3.8, 4) is 17.2 Å². The van der Waals surface area contributed by atoms with E-state index >= 15 is 0 Å². The highest BCUT2D eigenvalue weighted by atomic mass is 16.5. The van der Waals surface area contributed by atoms with Gasteiger partial charge in [-0.1, -0.05) is 17.3 Å². The molecule has 1 aromatic carbocycles. The number of nitrogens with one attached hydrogen (secondary N) is 1. The van der Waals surface area contributed by atoms with Crippen LogP contribution in [0.15, 0.2) is 53.3 Å². The molecule has 0 spiro atoms. The van der Waals surface area contributed by atoms with E-state index in [0.29, 0.717) is 30.9 Å². The summed E-state index contributed by atoms with van der Waals surface area (Å²) in [6.07, 6.45) is 3.49. The van der Waals surface area contributed by atoms with Crippen LogP contribution >= 0.6 is 0 Å². The highest BCUT2D eigenvalue weighted by Crippen LogP contribution is 2.25. The Morgan fingerprint density at radius 1 is 1.33 bits per heavy atom. The van der Waals surface area contributed by atoms with Crippen LogP contribution in [0.2, 0.25) is 0 Å². The molecule has 1 aliphatic rings. The number of pyridine rings is 1. The van der Waals surface area contributed by atoms with Crippen molar-refractivity contribution in [3.63, 3.8) is 0 Å². The summed E-state index contributed by atoms with van der Waals surface area (Å²) in [7, 11) is 1.59. The van der Waals surface area contributed by atoms with Crippen molar-refractivity contribution in [2.75, 3.05) is 26.7 Å². The first-order valence-electron chi connectivity index (χ1n) is 8.66. The molecule has 1 fully saturated rings. The van der Waals surface area contributed by atoms with Gasteiger partial charge in [-0.05, 0) is 29.8 Å². The van der Waals surface area contributed by atoms with Crippen LogP contribution in [0.5, 0.6) is 5.75 Å². The molecule has 0 saturated carbocycles. The lowest BCUT2D eigenvalue weighted by Gasteiger charge is -2.35. The molecule has 0 radical (unpaired) electrons. The molecule has 3 heterocycles. The number of methoxy groups -OCH3 is 1. The first-order valence-corrected chi connectivity index (χ1v) is 8.66. The molecule has 4 rings (SSSR count). The highest BCUT2D eigenvalue weighted by molar-refractivity contribution is 5.91. The number of rotatable bonds is 4. The summed E-state index contributed by atoms with van der Waals surface area (Å²) < 4.78 is 10.5. The van der Waals surface area contributed by atoms with Gasteiger partial charge in [-0.3, -0.25) is 9.78 Å². The Kier molecular flexibility index (Phi) is 4.80. The Balaban J connectivity index is 1.59. The number of nitrogens with zero attached hydrogens (tertiary/aromatic N) is 4. The third-order valence-electron chi connectivity index (χ3n) is 4.51. The van der Waals surface area contributed by atoms with Gasteiger partial charge in [-0.2, -0.15) is 4.98 Å². The quantitative estimate of drug-likeness (QED) is 0.755. The monoisotopic (exact) mass is 365 g/mol. The predicted octanol–water partition coefficient (Wildman–Crippen LogP) is 1.93. The van der Waals surface area contributed by atoms with Crippen LogP contribution in [0, 0.1) is 0 Å². The van der Waals surface area contributed by atoms with Gasteiger partial charge in [0.2, 0.25) is 0 Å². The third kappa shape index (κ3) is 3.52. The molecule has 1 saturated heterocycles. The van der Waals surface area contributed by atoms with Gasteiger partial charge in [0.15, 0.2) is 0 Å². The van der Waals surface area contributed by atoms with E-state index in [0.717, 1.165) is 5.56 Å². The fourth-order valence-corrected chi connectivity index (χ4v) is 3.13. The molecule has 1 amide bonds. The second-order valence-corrected chi connectivity index (χ2v) is 6.16. The summed E-state index contributed by atoms with van der Waals surface area (Å²) in [5, 5.41) is 7.21. The minimum atomic E-state index is -0.261. The minimum Gasteiger partial charge on any atom is -0.497 e. The van der Waals surface area contributed by atoms with Gasteiger partial charge in [0, 0.05) is 37.6 Å². The van der Waals surface area contributed by atoms with Crippen molar-refractivity contribution < 1.29 is 14.1 Å². The lowest BCUT2D eigenvalue weighted by atomic mass is 10.1. The predicted molar refractivity (Wildman–Crippen MR) is 97.2 cm³/mol. The van der Waals surface area contributed by atoms with Crippen LogP contribution in [0.4, 0.5) is 0 Å². The summed E-state index contributed by atoms with van der Waals surface area (Å²) in [6.45, 7) is 1.92. The zero-order valence-corrected chi connectivity index (χ0v) is 14.8. The first kappa shape index (κ1) is 17.2. The minimum absolute atomic E-state index is 0.0450. The molecule has 1 aliphatic heterocycles. The zero-order chi connectivity index (χ0) is 18.6. The molecule has 0 bridgehead atoms. The first-order chi connectivity index (χ1) is 13.3. The smallest absolute Gasteiger partial charge is 0.295 e. The number of amides is 1. The van der Waals surface area contributed by atoms with Crippen molar-refractivity contribution in [3.05, 3.63) is 60.2 Å². The average molecular weight is 365 g/mol. The molecule has 1 N–H and O–H groups in total. The van der Waals surface area contributed by atoms with Crippen molar-refractivity contribution in [2.24, 2.45) is 0 Å². The van der Waals surface area contributed by atoms with E-state index in [1.165, 1.54) is 0 Å². The summed E-state index contributed by atoms with van der Waals surface area (Å²) in [5.41, 5.74) is 1.67. The van der Waals surface area contributed by atoms with Crippen LogP contribution in [-0.2, 0) is 0 Å². The maximum absolute atomic E-state index is 13.0. The molecule has 3 aromatic rings. The van der Waals surface area contributed by atoms with E-state index in [4.69, 9.17) is 9.26 Å². The number of hydrogen-bond donors (Lipinski definition) is 1. The summed E-state index contributed by atoms with van der Waals surface area (Å²) in [6, 6.07) is 11.0. The lowest BCUT2D eigenvalue weighted by molar-refractivity contribution is 0.0618. The molecule has 8 nitrogen and oxygen atoms in total. The topological polar surface area (TPSA) is 93.4 Å². The number of aromatic nitrogens is 3. The van der Waals surface area contributed by atoms with Gasteiger partial charge in [0.25, 0.3) is 17.6 Å². The van der Waals surface area contributed by atoms with E-state index in [1.807, 2.05) is 30.3 Å². The fourth-order valence-electron chi connectivity index (χ4n) is 3.13. The van der Waals surface area contributed by atoms with Crippen LogP contribution in [-0.4, -0.2) is 52.7 Å². The Morgan fingerprint density at radius 2 is 2.26 bits per heavy atom. The fraction of sp³-hybridized carbons (Fsp3) is 0.263. The number of benzene rings is 1. The van der Waals surface area contributed by atoms with Crippen molar-refractivity contribution in [1.82, 2.24) is 25.3 Å². The largest absolute Gasteiger partial charge is 0.497 e. The van der Waals surface area contributed by atoms with Crippen LogP contribution in [0.1, 0.15) is 22.2 Å². The average Bonchev–Trinajstić information content (AvgIpc) is 3.24. The Hall–Kier alpha value is -3.26. The number of hydrogen-bond acceptors (Lipinski definition) is 7. The van der Waals surface area contributed by atoms with Crippen LogP contribution < -0.4 is 10.1 Å². The van der Waals surface area contributed by atoms with Gasteiger partial charge in [0.1, 0.15) is 5.75 Å². The molecule has 1 unspecified atom stereocenters. The van der Waals surface area contributed by atoms with E-state index in [9.17, 15) is 4.79 Å². The van der Waals surface area contributed by atoms with Gasteiger partial charge in [-0.15, -0.1) is 0 Å². The van der Waals surface area contributed by atoms with Gasteiger partial charge < -0.3 is 19.5 Å². The van der Waals surface area contributed by atoms with Gasteiger partial charge >= 0.3 is 0 Å². The van der Waals surface area contributed by atoms with Crippen molar-refractivity contribution >= 4 is 5.91 Å². The normalized spacial score (nSPS) is 16.9. The zero-order valence-electron chi connectivity index (χ0n) is 14.8. The van der Waals surface area contributed by atoms with Crippen molar-refractivity contribution in [2.45, 2.75) is 6.04 Å².